The monoisotopic (exact) mass is 846 g/mol. The number of phenols is 1. The van der Waals surface area contributed by atoms with Crippen LogP contribution in [0.2, 0.25) is 0 Å². The molecule has 11 rings (SSSR count). The number of ether oxygens (including phenoxy) is 5. The number of aromatic nitrogens is 1. The number of hydrogen-bond acceptors (Lipinski definition) is 13. The Kier molecular flexibility index (Phi) is 9.52. The van der Waals surface area contributed by atoms with Crippen LogP contribution in [0.4, 0.5) is 4.79 Å². The van der Waals surface area contributed by atoms with Crippen LogP contribution in [-0.2, 0) is 32.6 Å². The molecule has 4 aromatic rings. The average Bonchev–Trinajstić information content (AvgIpc) is 3.88. The number of nitriles is 1. The van der Waals surface area contributed by atoms with E-state index in [0.29, 0.717) is 30.1 Å². The number of H-pyrrole nitrogens is 1. The van der Waals surface area contributed by atoms with Crippen molar-refractivity contribution in [2.45, 2.75) is 87.6 Å². The molecule has 4 bridgehead atoms. The lowest BCUT2D eigenvalue weighted by atomic mass is 9.71. The minimum atomic E-state index is -1.38. The molecule has 61 heavy (non-hydrogen) atoms. The molecule has 4 N–H and O–H groups in total. The Morgan fingerprint density at radius 1 is 1.13 bits per heavy atom. The van der Waals surface area contributed by atoms with Crippen molar-refractivity contribution < 1.29 is 38.4 Å². The number of methoxy groups -OCH3 is 1. The van der Waals surface area contributed by atoms with Crippen LogP contribution in [0.3, 0.4) is 0 Å². The topological polar surface area (TPSA) is 171 Å². The molecule has 7 aliphatic heterocycles. The summed E-state index contributed by atoms with van der Waals surface area (Å²) in [6.07, 6.45) is 2.00. The summed E-state index contributed by atoms with van der Waals surface area (Å²) in [5.74, 6) is 1.60. The summed E-state index contributed by atoms with van der Waals surface area (Å²) in [4.78, 5) is 36.2. The lowest BCUT2D eigenvalue weighted by Crippen LogP contribution is -2.70. The zero-order valence-corrected chi connectivity index (χ0v) is 36.0. The van der Waals surface area contributed by atoms with Gasteiger partial charge in [-0.05, 0) is 93.1 Å². The number of aryl methyl sites for hydroxylation is 2. The smallest absolute Gasteiger partial charge is 0.407 e. The zero-order chi connectivity index (χ0) is 42.6. The van der Waals surface area contributed by atoms with Gasteiger partial charge < -0.3 is 39.1 Å². The fraction of sp³-hybridized carbons (Fsp3) is 0.457. The van der Waals surface area contributed by atoms with Gasteiger partial charge in [-0.25, -0.2) is 9.59 Å². The van der Waals surface area contributed by atoms with Crippen molar-refractivity contribution in [2.24, 2.45) is 0 Å². The predicted molar refractivity (Wildman–Crippen MR) is 228 cm³/mol. The number of piperazine rings is 1. The van der Waals surface area contributed by atoms with Gasteiger partial charge in [-0.15, -0.1) is 11.8 Å². The summed E-state index contributed by atoms with van der Waals surface area (Å²) in [5.41, 5.74) is 8.89. The van der Waals surface area contributed by atoms with Crippen LogP contribution in [-0.4, -0.2) is 103 Å². The third kappa shape index (κ3) is 5.71. The van der Waals surface area contributed by atoms with Crippen LogP contribution in [0, 0.1) is 39.0 Å². The first-order valence-electron chi connectivity index (χ1n) is 20.8. The van der Waals surface area contributed by atoms with Gasteiger partial charge >= 0.3 is 12.1 Å². The number of amides is 1. The summed E-state index contributed by atoms with van der Waals surface area (Å²) >= 11 is 1.64. The van der Waals surface area contributed by atoms with E-state index in [1.165, 1.54) is 6.08 Å². The Morgan fingerprint density at radius 2 is 1.93 bits per heavy atom. The fourth-order valence-corrected chi connectivity index (χ4v) is 13.1. The lowest BCUT2D eigenvalue weighted by molar-refractivity contribution is -0.158. The highest BCUT2D eigenvalue weighted by Crippen LogP contribution is 2.63. The van der Waals surface area contributed by atoms with Crippen molar-refractivity contribution in [3.63, 3.8) is 0 Å². The largest absolute Gasteiger partial charge is 0.504 e. The number of carbonyl (C=O) groups excluding carboxylic acids is 2. The zero-order valence-electron chi connectivity index (χ0n) is 35.1. The molecule has 15 heteroatoms. The average molecular weight is 847 g/mol. The number of nitrogens with one attached hydrogen (secondary N) is 3. The van der Waals surface area contributed by atoms with Crippen LogP contribution >= 0.6 is 11.8 Å². The Morgan fingerprint density at radius 3 is 2.70 bits per heavy atom. The normalized spacial score (nSPS) is 28.5. The number of nitrogens with zero attached hydrogens (tertiary/aromatic N) is 3. The maximum Gasteiger partial charge on any atom is 0.407 e. The van der Waals surface area contributed by atoms with Crippen molar-refractivity contribution in [2.75, 3.05) is 46.5 Å². The molecule has 1 amide bonds. The summed E-state index contributed by atoms with van der Waals surface area (Å²) < 4.78 is 30.2. The molecule has 0 radical (unpaired) electrons. The number of fused-ring (bicyclic) bond motifs is 11. The molecule has 14 nitrogen and oxygen atoms in total. The number of hydrogen-bond donors (Lipinski definition) is 4. The molecule has 7 aliphatic rings. The van der Waals surface area contributed by atoms with Crippen molar-refractivity contribution in [1.82, 2.24) is 25.4 Å². The maximum absolute atomic E-state index is 15.3. The van der Waals surface area contributed by atoms with Crippen molar-refractivity contribution in [3.8, 4) is 29.1 Å². The van der Waals surface area contributed by atoms with Crippen LogP contribution in [0.1, 0.15) is 73.1 Å². The highest BCUT2D eigenvalue weighted by atomic mass is 32.2. The van der Waals surface area contributed by atoms with E-state index < -0.39 is 29.7 Å². The SMILES string of the molecule is C=CCOC(=O)NC[C@H]1Cc2c([nH]c3ccc(C)cc23)[C@@]2(CS[C@@H]3c4c(C)c(C)c5c(c4[C@H](COC2=O)N2[C@@H]3[C@H]3c4c(cc(C)c(OC)c4O)C[C@@H]([C@@H]2C#N)N3C)OCO5)N1. The van der Waals surface area contributed by atoms with E-state index in [-0.39, 0.29) is 67.5 Å². The molecular weight excluding hydrogens is 797 g/mol. The second-order valence-corrected chi connectivity index (χ2v) is 18.4. The van der Waals surface area contributed by atoms with Crippen LogP contribution in [0.25, 0.3) is 10.9 Å². The van der Waals surface area contributed by atoms with Gasteiger partial charge in [0, 0.05) is 57.7 Å². The van der Waals surface area contributed by atoms with Crippen molar-refractivity contribution in [1.29, 1.82) is 5.26 Å². The summed E-state index contributed by atoms with van der Waals surface area (Å²) in [6, 6.07) is 8.46. The van der Waals surface area contributed by atoms with Gasteiger partial charge in [-0.3, -0.25) is 15.1 Å². The van der Waals surface area contributed by atoms with E-state index in [0.717, 1.165) is 66.7 Å². The van der Waals surface area contributed by atoms with E-state index in [1.807, 2.05) is 26.0 Å². The lowest BCUT2D eigenvalue weighted by Gasteiger charge is -2.62. The standard InChI is InChI=1S/C46H50N6O8S/c1-8-11-57-45(55)48-17-26-15-28-27-12-21(2)9-10-29(27)49-43(28)46(50-26)19-61-42-33-23(4)24(5)40-41(60-20-59-40)35(33)32(18-58-44(46)54)52-31(16-47)30-14-25-13-22(3)39(56-7)38(53)34(25)36(37(42)52)51(30)6/h8-10,12-13,26,30-32,36-37,42,49-50,53H,1,11,14-15,17-20H2,2-7H3,(H,48,55)/t26-,30+,31+,32+,36-,37-,42-,46-/m1/s1. The molecule has 3 aromatic carbocycles. The van der Waals surface area contributed by atoms with Gasteiger partial charge in [0.25, 0.3) is 0 Å². The summed E-state index contributed by atoms with van der Waals surface area (Å²) in [5, 5.41) is 30.7. The third-order valence-electron chi connectivity index (χ3n) is 14.1. The number of aromatic hydroxyl groups is 1. The van der Waals surface area contributed by atoms with E-state index in [9.17, 15) is 15.2 Å². The third-order valence-corrected chi connectivity index (χ3v) is 15.6. The van der Waals surface area contributed by atoms with Gasteiger partial charge in [-0.2, -0.15) is 5.26 Å². The first kappa shape index (κ1) is 39.7. The second-order valence-electron chi connectivity index (χ2n) is 17.3. The minimum absolute atomic E-state index is 0.0576. The molecule has 8 heterocycles. The molecule has 0 unspecified atom stereocenters. The molecule has 0 saturated carbocycles. The molecular formula is C46H50N6O8S. The number of esters is 1. The molecule has 2 fully saturated rings. The van der Waals surface area contributed by atoms with Gasteiger partial charge in [0.05, 0.1) is 31.0 Å². The Hall–Kier alpha value is -5.40. The van der Waals surface area contributed by atoms with E-state index in [2.05, 4.69) is 71.1 Å². The predicted octanol–water partition coefficient (Wildman–Crippen LogP) is 5.73. The number of phenolic OH excluding ortho intramolecular Hbond substituents is 1. The number of aromatic amines is 1. The number of benzene rings is 3. The van der Waals surface area contributed by atoms with E-state index in [4.69, 9.17) is 23.7 Å². The second kappa shape index (κ2) is 14.6. The summed E-state index contributed by atoms with van der Waals surface area (Å²) in [6.45, 7) is 12.0. The number of rotatable bonds is 5. The first-order chi connectivity index (χ1) is 29.4. The van der Waals surface area contributed by atoms with E-state index in [1.54, 1.807) is 18.9 Å². The van der Waals surface area contributed by atoms with Gasteiger partial charge in [-0.1, -0.05) is 30.4 Å². The number of likely N-dealkylation sites (N-methyl/N-ethyl adjacent to an activating group) is 1. The molecule has 318 valence electrons. The maximum atomic E-state index is 15.3. The van der Waals surface area contributed by atoms with Crippen LogP contribution < -0.4 is 24.8 Å². The van der Waals surface area contributed by atoms with Crippen LogP contribution in [0.15, 0.2) is 36.9 Å². The number of carbonyl (C=O) groups is 2. The number of thioether (sulfide) groups is 1. The van der Waals surface area contributed by atoms with Gasteiger partial charge in [0.15, 0.2) is 28.5 Å². The van der Waals surface area contributed by atoms with Crippen LogP contribution in [0.5, 0.6) is 23.0 Å². The minimum Gasteiger partial charge on any atom is -0.504 e. The first-order valence-corrected chi connectivity index (χ1v) is 21.9. The van der Waals surface area contributed by atoms with E-state index >= 15 is 4.79 Å². The molecule has 0 aliphatic carbocycles. The fourth-order valence-electron chi connectivity index (χ4n) is 11.4. The highest BCUT2D eigenvalue weighted by molar-refractivity contribution is 7.99. The number of alkyl carbamates (subject to hydrolysis) is 1. The molecule has 1 aromatic heterocycles. The molecule has 2 saturated heterocycles. The Bertz CT molecular complexity index is 2590. The Labute approximate surface area is 358 Å². The quantitative estimate of drug-likeness (QED) is 0.142. The molecule has 8 atom stereocenters. The highest BCUT2D eigenvalue weighted by Gasteiger charge is 2.61. The van der Waals surface area contributed by atoms with Crippen molar-refractivity contribution >= 4 is 34.7 Å². The van der Waals surface area contributed by atoms with Gasteiger partial charge in [0.2, 0.25) is 6.79 Å². The van der Waals surface area contributed by atoms with Gasteiger partial charge in [0.1, 0.15) is 19.3 Å². The molecule has 1 spiro atoms. The summed E-state index contributed by atoms with van der Waals surface area (Å²) in [7, 11) is 3.63. The van der Waals surface area contributed by atoms with Crippen molar-refractivity contribution in [3.05, 3.63) is 92.7 Å². The Balaban J connectivity index is 1.18.